The number of benzene rings is 1. The third-order valence-corrected chi connectivity index (χ3v) is 18.3. The summed E-state index contributed by atoms with van der Waals surface area (Å²) in [6, 6.07) is -8.97. The summed E-state index contributed by atoms with van der Waals surface area (Å²) in [7, 11) is 0. The number of rotatable bonds is 58. The van der Waals surface area contributed by atoms with Crippen LogP contribution in [0.5, 0.6) is 0 Å². The molecule has 0 aliphatic rings. The molecule has 0 bridgehead atoms. The van der Waals surface area contributed by atoms with Crippen LogP contribution in [0.2, 0.25) is 0 Å². The Morgan fingerprint density at radius 1 is 0.466 bits per heavy atom. The number of H-pyrrole nitrogens is 1. The van der Waals surface area contributed by atoms with E-state index in [0.29, 0.717) is 17.7 Å². The van der Waals surface area contributed by atoms with Gasteiger partial charge in [0.15, 0.2) is 17.9 Å². The maximum Gasteiger partial charge on any atom is 0.326 e. The first-order valence-electron chi connectivity index (χ1n) is 38.4. The van der Waals surface area contributed by atoms with Crippen molar-refractivity contribution in [1.29, 1.82) is 16.2 Å². The molecule has 43 nitrogen and oxygen atoms in total. The Morgan fingerprint density at radius 3 is 1.31 bits per heavy atom. The Morgan fingerprint density at radius 2 is 0.879 bits per heavy atom. The Hall–Kier alpha value is -11.4. The highest BCUT2D eigenvalue weighted by Crippen LogP contribution is 2.16. The van der Waals surface area contributed by atoms with Gasteiger partial charge in [-0.25, -0.2) is 9.78 Å². The number of aromatic nitrogens is 2. The van der Waals surface area contributed by atoms with E-state index in [1.165, 1.54) is 12.5 Å². The molecule has 13 atom stereocenters. The van der Waals surface area contributed by atoms with E-state index in [1.54, 1.807) is 71.9 Å². The number of primary amides is 1. The minimum atomic E-state index is -1.62. The van der Waals surface area contributed by atoms with Crippen LogP contribution < -0.4 is 114 Å². The first kappa shape index (κ1) is 101. The SMILES string of the molecule is CC[C@H](C)[C@H](NC(=O)[C@H](Cc1ccccc1)NC(=O)[C@H](CCCNC(=N)N)NC(=O)[C@H](CS)NC(=O)CNC(=O)[C@H](Cc1c[nH]cn1)NC(=O)[C@@H](N)CCC(N)=O)C(=O)N[C@@H](CCCNC(=N)N)C(=O)N[C@@H](CC(C)C)C(=O)N[C@@H](CCCCN)C(=O)N[C@@H](CC(C)C)C(=O)N[C@@H](CCC(=O)O)C(=O)N[C@@H](CCCNC(=N)N)C(=O)O. The first-order valence-corrected chi connectivity index (χ1v) is 39.1. The number of carboxylic acid groups (broad SMARTS) is 2. The molecular weight excluding hydrogens is 1530 g/mol. The topological polar surface area (TPSA) is 733 Å². The minimum absolute atomic E-state index is 0.0206. The summed E-state index contributed by atoms with van der Waals surface area (Å²) in [6.07, 6.45) is 1.46. The lowest BCUT2D eigenvalue weighted by Crippen LogP contribution is -2.61. The van der Waals surface area contributed by atoms with Crippen molar-refractivity contribution in [2.75, 3.05) is 38.5 Å². The highest BCUT2D eigenvalue weighted by Gasteiger charge is 2.38. The van der Waals surface area contributed by atoms with Crippen LogP contribution in [0.3, 0.4) is 0 Å². The molecule has 1 heterocycles. The maximum atomic E-state index is 15.0. The summed E-state index contributed by atoms with van der Waals surface area (Å²) in [4.78, 5) is 213. The molecule has 2 rings (SSSR count). The van der Waals surface area contributed by atoms with Crippen LogP contribution in [-0.4, -0.2) is 238 Å². The molecule has 116 heavy (non-hydrogen) atoms. The number of nitrogens with zero attached hydrogens (tertiary/aromatic N) is 1. The molecule has 13 amide bonds. The Labute approximate surface area is 678 Å². The van der Waals surface area contributed by atoms with Crippen LogP contribution in [0.15, 0.2) is 42.9 Å². The summed E-state index contributed by atoms with van der Waals surface area (Å²) < 4.78 is 0. The molecule has 648 valence electrons. The minimum Gasteiger partial charge on any atom is -0.481 e. The van der Waals surface area contributed by atoms with Crippen molar-refractivity contribution in [2.24, 2.45) is 52.2 Å². The number of carbonyl (C=O) groups is 15. The standard InChI is InChI=1S/C72H122N26O17S/c1-7-40(6)57(98-66(111)51(32-41-16-9-8-10-17-41)97-61(106)45(19-13-27-83-70(76)77)90-67(112)53(36-116)88-55(100)35-86-59(104)52(33-42-34-82-37-87-42)94-58(103)43(74)22-24-54(75)99)68(113)92-46(20-14-28-84-71(78)79)62(107)96-49(30-38(2)3)64(109)89-44(18-11-12-26-73)60(105)95-50(31-39(4)5)65(110)91-47(23-25-56(101)102)63(108)93-48(69(114)115)21-15-29-85-72(80)81/h8-10,16-17,34,37-40,43-53,57,116H,7,11-15,18-33,35-36,73-74H2,1-6H3,(H2,75,99)(H,82,87)(H,86,104)(H,88,100)(H,89,109)(H,90,112)(H,91,110)(H,92,113)(H,93,108)(H,94,103)(H,95,105)(H,96,107)(H,97,106)(H,98,111)(H,101,102)(H,114,115)(H4,76,77,83)(H4,78,79,84)(H4,80,81,85)/t40-,43-,44-,45-,46-,47-,48-,49-,50-,51-,52-,53-,57-/m0/s1. The van der Waals surface area contributed by atoms with Crippen molar-refractivity contribution in [3.05, 3.63) is 54.1 Å². The average molecular weight is 1660 g/mol. The number of imidazole rings is 1. The fourth-order valence-electron chi connectivity index (χ4n) is 11.5. The predicted octanol–water partition coefficient (Wildman–Crippen LogP) is -5.83. The fourth-order valence-corrected chi connectivity index (χ4v) is 11.8. The third kappa shape index (κ3) is 41.0. The number of aliphatic carboxylic acids is 2. The number of nitrogens with two attached hydrogens (primary N) is 6. The number of carboxylic acids is 2. The van der Waals surface area contributed by atoms with E-state index < -0.39 is 198 Å². The second-order valence-corrected chi connectivity index (χ2v) is 29.1. The molecule has 1 aromatic carbocycles. The molecule has 0 saturated heterocycles. The van der Waals surface area contributed by atoms with Gasteiger partial charge in [0.05, 0.1) is 24.6 Å². The summed E-state index contributed by atoms with van der Waals surface area (Å²) in [6.45, 7) is 9.88. The third-order valence-electron chi connectivity index (χ3n) is 18.0. The van der Waals surface area contributed by atoms with Gasteiger partial charge in [0.2, 0.25) is 76.8 Å². The molecule has 0 aliphatic heterocycles. The highest BCUT2D eigenvalue weighted by molar-refractivity contribution is 7.80. The van der Waals surface area contributed by atoms with Crippen LogP contribution in [0.25, 0.3) is 0 Å². The zero-order chi connectivity index (χ0) is 87.1. The summed E-state index contributed by atoms with van der Waals surface area (Å²) in [5, 5.41) is 81.0. The molecular formula is C72H122N26O17S. The van der Waals surface area contributed by atoms with Crippen molar-refractivity contribution < 1.29 is 82.1 Å². The molecule has 0 radical (unpaired) electrons. The van der Waals surface area contributed by atoms with Crippen LogP contribution in [0, 0.1) is 34.0 Å². The Balaban J connectivity index is 2.57. The summed E-state index contributed by atoms with van der Waals surface area (Å²) in [5.41, 5.74) is 34.3. The molecule has 44 heteroatoms. The maximum absolute atomic E-state index is 15.0. The lowest BCUT2D eigenvalue weighted by atomic mass is 9.96. The normalized spacial score (nSPS) is 14.4. The van der Waals surface area contributed by atoms with Gasteiger partial charge in [-0.1, -0.05) is 78.3 Å². The number of carbonyl (C=O) groups excluding carboxylic acids is 13. The predicted molar refractivity (Wildman–Crippen MR) is 430 cm³/mol. The quantitative estimate of drug-likeness (QED) is 0.0127. The van der Waals surface area contributed by atoms with Gasteiger partial charge in [-0.15, -0.1) is 0 Å². The van der Waals surface area contributed by atoms with Crippen molar-refractivity contribution >= 4 is 119 Å². The summed E-state index contributed by atoms with van der Waals surface area (Å²) >= 11 is 4.27. The number of guanidine groups is 3. The second-order valence-electron chi connectivity index (χ2n) is 28.8. The van der Waals surface area contributed by atoms with Crippen molar-refractivity contribution in [3.63, 3.8) is 0 Å². The largest absolute Gasteiger partial charge is 0.481 e. The lowest BCUT2D eigenvalue weighted by Gasteiger charge is -2.30. The number of hydrogen-bond acceptors (Lipinski definition) is 22. The number of thiol groups is 1. The highest BCUT2D eigenvalue weighted by atomic mass is 32.1. The molecule has 0 unspecified atom stereocenters. The van der Waals surface area contributed by atoms with Crippen molar-refractivity contribution in [1.82, 2.24) is 89.7 Å². The van der Waals surface area contributed by atoms with Gasteiger partial charge in [0.25, 0.3) is 0 Å². The zero-order valence-electron chi connectivity index (χ0n) is 66.5. The van der Waals surface area contributed by atoms with Crippen LogP contribution in [-0.2, 0) is 84.8 Å². The fraction of sp³-hybridized carbons (Fsp3) is 0.625. The molecule has 0 spiro atoms. The molecule has 0 saturated carbocycles. The molecule has 0 fully saturated rings. The molecule has 2 aromatic rings. The van der Waals surface area contributed by atoms with E-state index in [-0.39, 0.29) is 146 Å². The average Bonchev–Trinajstić information content (AvgIpc) is 1.03. The second kappa shape index (κ2) is 54.4. The lowest BCUT2D eigenvalue weighted by molar-refractivity contribution is -0.143. The number of aromatic amines is 1. The van der Waals surface area contributed by atoms with Gasteiger partial charge in [0, 0.05) is 57.3 Å². The van der Waals surface area contributed by atoms with E-state index in [0.717, 1.165) is 0 Å². The van der Waals surface area contributed by atoms with Gasteiger partial charge in [-0.05, 0) is 113 Å². The Bertz CT molecular complexity index is 3580. The van der Waals surface area contributed by atoms with Gasteiger partial charge in [-0.2, -0.15) is 12.6 Å². The van der Waals surface area contributed by atoms with Gasteiger partial charge >= 0.3 is 11.9 Å². The monoisotopic (exact) mass is 1650 g/mol. The van der Waals surface area contributed by atoms with E-state index >= 15 is 0 Å². The van der Waals surface area contributed by atoms with E-state index in [4.69, 9.17) is 50.6 Å². The number of hydrogen-bond donors (Lipinski definition) is 28. The molecule has 0 aliphatic carbocycles. The summed E-state index contributed by atoms with van der Waals surface area (Å²) in [5.74, 6) is -17.3. The van der Waals surface area contributed by atoms with Crippen molar-refractivity contribution in [2.45, 2.75) is 230 Å². The van der Waals surface area contributed by atoms with E-state index in [1.807, 2.05) is 0 Å². The van der Waals surface area contributed by atoms with E-state index in [2.05, 4.69) is 102 Å². The number of unbranched alkanes of at least 4 members (excludes halogenated alkanes) is 1. The Kier molecular flexibility index (Phi) is 47.2. The molecule has 1 aromatic heterocycles. The van der Waals surface area contributed by atoms with Crippen LogP contribution >= 0.6 is 12.6 Å². The zero-order valence-corrected chi connectivity index (χ0v) is 67.4. The van der Waals surface area contributed by atoms with Crippen LogP contribution in [0.4, 0.5) is 0 Å². The van der Waals surface area contributed by atoms with Gasteiger partial charge < -0.3 is 129 Å². The smallest absolute Gasteiger partial charge is 0.326 e. The molecule has 33 N–H and O–H groups in total. The first-order chi connectivity index (χ1) is 54.8. The van der Waals surface area contributed by atoms with E-state index in [9.17, 15) is 82.1 Å². The number of nitrogens with one attached hydrogen (secondary N) is 19. The van der Waals surface area contributed by atoms with Gasteiger partial charge in [0.1, 0.15) is 66.5 Å². The van der Waals surface area contributed by atoms with Gasteiger partial charge in [-0.3, -0.25) is 83.4 Å². The van der Waals surface area contributed by atoms with Crippen LogP contribution in [0.1, 0.15) is 156 Å². The number of amides is 13. The van der Waals surface area contributed by atoms with Crippen molar-refractivity contribution in [3.8, 4) is 0 Å².